The van der Waals surface area contributed by atoms with E-state index < -0.39 is 0 Å². The summed E-state index contributed by atoms with van der Waals surface area (Å²) in [5, 5.41) is 13.9. The molecule has 1 rings (SSSR count). The molecule has 5 N–H and O–H groups in total. The van der Waals surface area contributed by atoms with Crippen LogP contribution in [0.5, 0.6) is 0 Å². The molecule has 6 heteroatoms. The summed E-state index contributed by atoms with van der Waals surface area (Å²) >= 11 is 0. The molecule has 1 aromatic carbocycles. The summed E-state index contributed by atoms with van der Waals surface area (Å²) in [7, 11) is 0. The maximum absolute atomic E-state index is 11.7. The normalized spacial score (nSPS) is 11.7. The molecule has 2 amide bonds. The van der Waals surface area contributed by atoms with Crippen molar-refractivity contribution in [2.45, 2.75) is 6.92 Å². The van der Waals surface area contributed by atoms with E-state index in [1.165, 1.54) is 0 Å². The molecule has 6 nitrogen and oxygen atoms in total. The highest BCUT2D eigenvalue weighted by Crippen LogP contribution is 2.04. The van der Waals surface area contributed by atoms with Gasteiger partial charge in [0.1, 0.15) is 0 Å². The van der Waals surface area contributed by atoms with Gasteiger partial charge in [0, 0.05) is 24.4 Å². The summed E-state index contributed by atoms with van der Waals surface area (Å²) in [4.78, 5) is 23.1. The molecule has 0 radical (unpaired) electrons. The van der Waals surface area contributed by atoms with Gasteiger partial charge in [0.25, 0.3) is 5.91 Å². The van der Waals surface area contributed by atoms with Gasteiger partial charge in [0.15, 0.2) is 0 Å². The summed E-state index contributed by atoms with van der Waals surface area (Å²) in [6, 6.07) is 6.43. The zero-order chi connectivity index (χ0) is 14.3. The maximum Gasteiger partial charge on any atom is 0.251 e. The van der Waals surface area contributed by atoms with Crippen molar-refractivity contribution >= 4 is 17.5 Å². The smallest absolute Gasteiger partial charge is 0.251 e. The fourth-order valence-corrected chi connectivity index (χ4v) is 1.31. The molecule has 0 saturated heterocycles. The van der Waals surface area contributed by atoms with Gasteiger partial charge in [-0.05, 0) is 30.2 Å². The molecule has 104 valence electrons. The summed E-state index contributed by atoms with van der Waals surface area (Å²) < 4.78 is 0. The van der Waals surface area contributed by atoms with Gasteiger partial charge < -0.3 is 21.5 Å². The molecule has 1 atom stereocenters. The lowest BCUT2D eigenvalue weighted by Crippen LogP contribution is -2.39. The highest BCUT2D eigenvalue weighted by molar-refractivity contribution is 5.96. The number of amides is 2. The number of anilines is 1. The molecule has 0 spiro atoms. The number of hydrogen-bond donors (Lipinski definition) is 4. The molecular weight excluding hydrogens is 246 g/mol. The number of nitrogens with two attached hydrogens (primary N) is 1. The Morgan fingerprint density at radius 2 is 1.89 bits per heavy atom. The maximum atomic E-state index is 11.7. The SMILES string of the molecule is CC(CO)CNC(=O)CNC(=O)c1ccc(N)cc1. The van der Waals surface area contributed by atoms with E-state index in [0.717, 1.165) is 0 Å². The molecule has 0 aliphatic carbocycles. The largest absolute Gasteiger partial charge is 0.399 e. The van der Waals surface area contributed by atoms with Crippen molar-refractivity contribution < 1.29 is 14.7 Å². The van der Waals surface area contributed by atoms with Gasteiger partial charge in [0.05, 0.1) is 6.54 Å². The summed E-state index contributed by atoms with van der Waals surface area (Å²) in [6.45, 7) is 2.11. The number of carbonyl (C=O) groups excluding carboxylic acids is 2. The Morgan fingerprint density at radius 3 is 2.47 bits per heavy atom. The molecule has 19 heavy (non-hydrogen) atoms. The molecule has 0 fully saturated rings. The Labute approximate surface area is 112 Å². The number of nitrogens with one attached hydrogen (secondary N) is 2. The van der Waals surface area contributed by atoms with Crippen molar-refractivity contribution in [1.29, 1.82) is 0 Å². The third kappa shape index (κ3) is 5.39. The predicted molar refractivity (Wildman–Crippen MR) is 72.4 cm³/mol. The van der Waals surface area contributed by atoms with Crippen LogP contribution >= 0.6 is 0 Å². The molecule has 0 aromatic heterocycles. The van der Waals surface area contributed by atoms with Crippen molar-refractivity contribution in [2.24, 2.45) is 5.92 Å². The highest BCUT2D eigenvalue weighted by Gasteiger charge is 2.08. The Balaban J connectivity index is 2.34. The molecule has 0 aliphatic rings. The van der Waals surface area contributed by atoms with E-state index in [9.17, 15) is 9.59 Å². The number of aliphatic hydroxyl groups excluding tert-OH is 1. The van der Waals surface area contributed by atoms with Crippen molar-refractivity contribution in [3.8, 4) is 0 Å². The van der Waals surface area contributed by atoms with Crippen LogP contribution in [0.3, 0.4) is 0 Å². The standard InChI is InChI=1S/C13H19N3O3/c1-9(8-17)6-15-12(18)7-16-13(19)10-2-4-11(14)5-3-10/h2-5,9,17H,6-8,14H2,1H3,(H,15,18)(H,16,19). The molecule has 0 saturated carbocycles. The quantitative estimate of drug-likeness (QED) is 0.532. The summed E-state index contributed by atoms with van der Waals surface area (Å²) in [5.74, 6) is -0.619. The lowest BCUT2D eigenvalue weighted by atomic mass is 10.2. The average molecular weight is 265 g/mol. The number of hydrogen-bond acceptors (Lipinski definition) is 4. The molecule has 0 aliphatic heterocycles. The number of rotatable bonds is 6. The second-order valence-corrected chi connectivity index (χ2v) is 4.40. The minimum atomic E-state index is -0.328. The van der Waals surface area contributed by atoms with Gasteiger partial charge in [-0.15, -0.1) is 0 Å². The Bertz CT molecular complexity index is 431. The van der Waals surface area contributed by atoms with Crippen LogP contribution in [-0.2, 0) is 4.79 Å². The lowest BCUT2D eigenvalue weighted by Gasteiger charge is -2.10. The lowest BCUT2D eigenvalue weighted by molar-refractivity contribution is -0.120. The van der Waals surface area contributed by atoms with E-state index in [0.29, 0.717) is 17.8 Å². The van der Waals surface area contributed by atoms with E-state index in [4.69, 9.17) is 10.8 Å². The molecule has 0 bridgehead atoms. The van der Waals surface area contributed by atoms with Crippen molar-refractivity contribution in [3.05, 3.63) is 29.8 Å². The number of benzene rings is 1. The van der Waals surface area contributed by atoms with Gasteiger partial charge >= 0.3 is 0 Å². The van der Waals surface area contributed by atoms with Crippen molar-refractivity contribution in [2.75, 3.05) is 25.4 Å². The Kier molecular flexibility index (Phi) is 5.81. The minimum absolute atomic E-state index is 0.00301. The first kappa shape index (κ1) is 15.0. The van der Waals surface area contributed by atoms with Crippen LogP contribution in [0.1, 0.15) is 17.3 Å². The molecular formula is C13H19N3O3. The second kappa shape index (κ2) is 7.38. The predicted octanol–water partition coefficient (Wildman–Crippen LogP) is -0.257. The third-order valence-corrected chi connectivity index (χ3v) is 2.54. The molecule has 0 heterocycles. The monoisotopic (exact) mass is 265 g/mol. The Hall–Kier alpha value is -2.08. The topological polar surface area (TPSA) is 104 Å². The zero-order valence-corrected chi connectivity index (χ0v) is 10.8. The molecule has 1 aromatic rings. The zero-order valence-electron chi connectivity index (χ0n) is 10.8. The van der Waals surface area contributed by atoms with E-state index in [1.807, 2.05) is 6.92 Å². The number of nitrogen functional groups attached to an aromatic ring is 1. The average Bonchev–Trinajstić information content (AvgIpc) is 2.42. The van der Waals surface area contributed by atoms with Crippen LogP contribution < -0.4 is 16.4 Å². The first-order chi connectivity index (χ1) is 9.02. The van der Waals surface area contributed by atoms with E-state index >= 15 is 0 Å². The number of carbonyl (C=O) groups is 2. The van der Waals surface area contributed by atoms with E-state index in [-0.39, 0.29) is 30.9 Å². The van der Waals surface area contributed by atoms with E-state index in [2.05, 4.69) is 10.6 Å². The Morgan fingerprint density at radius 1 is 1.26 bits per heavy atom. The van der Waals surface area contributed by atoms with Crippen LogP contribution in [0.15, 0.2) is 24.3 Å². The van der Waals surface area contributed by atoms with Crippen LogP contribution in [0.25, 0.3) is 0 Å². The van der Waals surface area contributed by atoms with Gasteiger partial charge in [-0.3, -0.25) is 9.59 Å². The summed E-state index contributed by atoms with van der Waals surface area (Å²) in [5.41, 5.74) is 6.54. The fourth-order valence-electron chi connectivity index (χ4n) is 1.31. The van der Waals surface area contributed by atoms with Crippen LogP contribution in [0.4, 0.5) is 5.69 Å². The van der Waals surface area contributed by atoms with Gasteiger partial charge in [-0.1, -0.05) is 6.92 Å². The van der Waals surface area contributed by atoms with Gasteiger partial charge in [0.2, 0.25) is 5.91 Å². The van der Waals surface area contributed by atoms with Gasteiger partial charge in [-0.25, -0.2) is 0 Å². The fraction of sp³-hybridized carbons (Fsp3) is 0.385. The minimum Gasteiger partial charge on any atom is -0.399 e. The summed E-state index contributed by atoms with van der Waals surface area (Å²) in [6.07, 6.45) is 0. The van der Waals surface area contributed by atoms with Crippen LogP contribution in [0.2, 0.25) is 0 Å². The highest BCUT2D eigenvalue weighted by atomic mass is 16.3. The van der Waals surface area contributed by atoms with Crippen LogP contribution in [0, 0.1) is 5.92 Å². The molecule has 1 unspecified atom stereocenters. The first-order valence-corrected chi connectivity index (χ1v) is 6.04. The van der Waals surface area contributed by atoms with Crippen molar-refractivity contribution in [1.82, 2.24) is 10.6 Å². The van der Waals surface area contributed by atoms with Gasteiger partial charge in [-0.2, -0.15) is 0 Å². The first-order valence-electron chi connectivity index (χ1n) is 6.04. The third-order valence-electron chi connectivity index (χ3n) is 2.54. The number of aliphatic hydroxyl groups is 1. The second-order valence-electron chi connectivity index (χ2n) is 4.40. The van der Waals surface area contributed by atoms with Crippen LogP contribution in [-0.4, -0.2) is 36.6 Å². The van der Waals surface area contributed by atoms with Crippen molar-refractivity contribution in [3.63, 3.8) is 0 Å². The van der Waals surface area contributed by atoms with E-state index in [1.54, 1.807) is 24.3 Å².